The molecule has 9 heteroatoms. The van der Waals surface area contributed by atoms with Gasteiger partial charge in [-0.25, -0.2) is 14.4 Å². The molecule has 1 aromatic rings. The van der Waals surface area contributed by atoms with E-state index in [1.807, 2.05) is 0 Å². The maximum absolute atomic E-state index is 13.2. The molecule has 0 saturated heterocycles. The lowest BCUT2D eigenvalue weighted by atomic mass is 9.87. The molecule has 0 saturated carbocycles. The van der Waals surface area contributed by atoms with E-state index < -0.39 is 46.2 Å². The quantitative estimate of drug-likeness (QED) is 0.562. The largest absolute Gasteiger partial charge is 0.467 e. The maximum atomic E-state index is 13.2. The molecule has 0 aromatic heterocycles. The Labute approximate surface area is 166 Å². The summed E-state index contributed by atoms with van der Waals surface area (Å²) in [5, 5.41) is 11.7. The van der Waals surface area contributed by atoms with E-state index >= 15 is 0 Å². The third-order valence-electron chi connectivity index (χ3n) is 5.13. The van der Waals surface area contributed by atoms with Gasteiger partial charge in [0.1, 0.15) is 5.57 Å². The van der Waals surface area contributed by atoms with Crippen molar-refractivity contribution in [1.82, 2.24) is 4.90 Å². The number of carbonyl (C=O) groups excluding carboxylic acids is 4. The Balaban J connectivity index is 2.43. The van der Waals surface area contributed by atoms with Crippen molar-refractivity contribution >= 4 is 23.8 Å². The van der Waals surface area contributed by atoms with Crippen molar-refractivity contribution < 1.29 is 38.5 Å². The number of nitrogens with zero attached hydrogens (tertiary/aromatic N) is 1. The highest BCUT2D eigenvalue weighted by Gasteiger charge is 2.71. The Hall–Kier alpha value is -3.20. The number of hydrogen-bond donors (Lipinski definition) is 1. The molecular weight excluding hydrogens is 382 g/mol. The first kappa shape index (κ1) is 20.5. The minimum Gasteiger partial charge on any atom is -0.467 e. The maximum Gasteiger partial charge on any atom is 0.339 e. The number of hydrogen-bond acceptors (Lipinski definition) is 8. The van der Waals surface area contributed by atoms with Crippen molar-refractivity contribution in [2.75, 3.05) is 20.3 Å². The molecule has 154 valence electrons. The Morgan fingerprint density at radius 2 is 1.59 bits per heavy atom. The predicted octanol–water partition coefficient (Wildman–Crippen LogP) is 0.656. The molecule has 2 aliphatic heterocycles. The first-order valence-corrected chi connectivity index (χ1v) is 9.05. The monoisotopic (exact) mass is 403 g/mol. The third kappa shape index (κ3) is 2.50. The molecule has 0 unspecified atom stereocenters. The lowest BCUT2D eigenvalue weighted by Crippen LogP contribution is -2.58. The molecule has 0 fully saturated rings. The summed E-state index contributed by atoms with van der Waals surface area (Å²) >= 11 is 0. The summed E-state index contributed by atoms with van der Waals surface area (Å²) in [7, 11) is 1.07. The van der Waals surface area contributed by atoms with Crippen molar-refractivity contribution in [2.45, 2.75) is 32.0 Å². The van der Waals surface area contributed by atoms with Crippen LogP contribution in [0.3, 0.4) is 0 Å². The molecule has 0 radical (unpaired) electrons. The minimum atomic E-state index is -2.40. The smallest absolute Gasteiger partial charge is 0.339 e. The van der Waals surface area contributed by atoms with E-state index in [-0.39, 0.29) is 24.3 Å². The lowest BCUT2D eigenvalue weighted by Gasteiger charge is -2.37. The number of benzene rings is 1. The summed E-state index contributed by atoms with van der Waals surface area (Å²) in [6.07, 6.45) is 0. The van der Waals surface area contributed by atoms with Crippen LogP contribution in [0.1, 0.15) is 36.7 Å². The first-order chi connectivity index (χ1) is 13.7. The number of carbonyl (C=O) groups is 4. The van der Waals surface area contributed by atoms with Crippen molar-refractivity contribution in [1.29, 1.82) is 0 Å². The number of ether oxygens (including phenoxy) is 3. The normalized spacial score (nSPS) is 24.9. The Morgan fingerprint density at radius 1 is 1.03 bits per heavy atom. The van der Waals surface area contributed by atoms with E-state index in [0.29, 0.717) is 0 Å². The molecule has 9 nitrogen and oxygen atoms in total. The fraction of sp³-hybridized carbons (Fsp3) is 0.400. The molecule has 1 N–H and O–H groups in total. The number of rotatable bonds is 5. The van der Waals surface area contributed by atoms with Crippen LogP contribution in [0.25, 0.3) is 0 Å². The highest BCUT2D eigenvalue weighted by Crippen LogP contribution is 2.55. The third-order valence-corrected chi connectivity index (χ3v) is 5.13. The Bertz CT molecular complexity index is 952. The zero-order valence-electron chi connectivity index (χ0n) is 16.5. The van der Waals surface area contributed by atoms with Crippen molar-refractivity contribution in [2.24, 2.45) is 0 Å². The van der Waals surface area contributed by atoms with Crippen LogP contribution in [-0.4, -0.2) is 59.7 Å². The van der Waals surface area contributed by atoms with Crippen LogP contribution < -0.4 is 0 Å². The second kappa shape index (κ2) is 7.00. The molecule has 0 bridgehead atoms. The van der Waals surface area contributed by atoms with Gasteiger partial charge in [0, 0.05) is 11.1 Å². The van der Waals surface area contributed by atoms with E-state index in [1.54, 1.807) is 26.0 Å². The molecule has 2 atom stereocenters. The van der Waals surface area contributed by atoms with Crippen LogP contribution in [0.2, 0.25) is 0 Å². The predicted molar refractivity (Wildman–Crippen MR) is 97.2 cm³/mol. The van der Waals surface area contributed by atoms with Gasteiger partial charge < -0.3 is 19.3 Å². The first-order valence-electron chi connectivity index (χ1n) is 9.05. The molecule has 29 heavy (non-hydrogen) atoms. The molecule has 2 heterocycles. The molecule has 0 aliphatic carbocycles. The number of esters is 3. The number of fused-ring (bicyclic) bond motifs is 3. The number of methoxy groups -OCH3 is 1. The van der Waals surface area contributed by atoms with Gasteiger partial charge in [0.15, 0.2) is 5.54 Å². The SMILES string of the molecule is CCOC(=O)C1=C(C(=O)OCC)[C@]2(O)c3ccccc3C(=O)N2[C@]1(C)C(=O)OC. The van der Waals surface area contributed by atoms with Crippen molar-refractivity contribution in [3.05, 3.63) is 46.5 Å². The zero-order chi connectivity index (χ0) is 21.6. The van der Waals surface area contributed by atoms with Gasteiger partial charge in [-0.1, -0.05) is 18.2 Å². The summed E-state index contributed by atoms with van der Waals surface area (Å²) in [5.41, 5.74) is -5.39. The van der Waals surface area contributed by atoms with Crippen LogP contribution >= 0.6 is 0 Å². The van der Waals surface area contributed by atoms with E-state index in [2.05, 4.69) is 0 Å². The number of aliphatic hydroxyl groups is 1. The van der Waals surface area contributed by atoms with Crippen molar-refractivity contribution in [3.63, 3.8) is 0 Å². The van der Waals surface area contributed by atoms with Crippen LogP contribution in [0.4, 0.5) is 0 Å². The second-order valence-electron chi connectivity index (χ2n) is 6.61. The molecular formula is C20H21NO8. The lowest BCUT2D eigenvalue weighted by molar-refractivity contribution is -0.161. The van der Waals surface area contributed by atoms with Gasteiger partial charge in [0.2, 0.25) is 5.72 Å². The van der Waals surface area contributed by atoms with E-state index in [9.17, 15) is 24.3 Å². The highest BCUT2D eigenvalue weighted by molar-refractivity contribution is 6.16. The zero-order valence-corrected chi connectivity index (χ0v) is 16.5. The van der Waals surface area contributed by atoms with Gasteiger partial charge in [-0.3, -0.25) is 9.69 Å². The van der Waals surface area contributed by atoms with Gasteiger partial charge in [-0.05, 0) is 26.8 Å². The summed E-state index contributed by atoms with van der Waals surface area (Å²) in [5.74, 6) is -3.83. The molecule has 0 spiro atoms. The van der Waals surface area contributed by atoms with Crippen LogP contribution in [0, 0.1) is 0 Å². The topological polar surface area (TPSA) is 119 Å². The summed E-state index contributed by atoms with van der Waals surface area (Å²) < 4.78 is 15.0. The second-order valence-corrected chi connectivity index (χ2v) is 6.61. The van der Waals surface area contributed by atoms with Gasteiger partial charge >= 0.3 is 17.9 Å². The van der Waals surface area contributed by atoms with Crippen LogP contribution in [-0.2, 0) is 34.3 Å². The Morgan fingerprint density at radius 3 is 2.14 bits per heavy atom. The van der Waals surface area contributed by atoms with Crippen LogP contribution in [0.15, 0.2) is 35.4 Å². The minimum absolute atomic E-state index is 0.0565. The summed E-state index contributed by atoms with van der Waals surface area (Å²) in [6.45, 7) is 4.21. The summed E-state index contributed by atoms with van der Waals surface area (Å²) in [6, 6.07) is 6.04. The average Bonchev–Trinajstić information content (AvgIpc) is 3.06. The Kier molecular flexibility index (Phi) is 4.96. The van der Waals surface area contributed by atoms with Gasteiger partial charge in [-0.15, -0.1) is 0 Å². The molecule has 1 amide bonds. The van der Waals surface area contributed by atoms with Gasteiger partial charge in [0.05, 0.1) is 25.9 Å². The standard InChI is InChI=1S/C20H21NO8/c1-5-28-16(23)13-14(17(24)29-6-2)20(26)12-10-8-7-9-11(12)15(22)21(20)19(13,3)18(25)27-4/h7-10,26H,5-6H2,1-4H3/t19-,20+/m0/s1. The van der Waals surface area contributed by atoms with E-state index in [0.717, 1.165) is 12.0 Å². The van der Waals surface area contributed by atoms with Crippen LogP contribution in [0.5, 0.6) is 0 Å². The van der Waals surface area contributed by atoms with Gasteiger partial charge in [-0.2, -0.15) is 0 Å². The molecule has 3 rings (SSSR count). The summed E-state index contributed by atoms with van der Waals surface area (Å²) in [4.78, 5) is 52.6. The number of amides is 1. The molecule has 1 aromatic carbocycles. The van der Waals surface area contributed by atoms with E-state index in [4.69, 9.17) is 14.2 Å². The average molecular weight is 403 g/mol. The van der Waals surface area contributed by atoms with Gasteiger partial charge in [0.25, 0.3) is 5.91 Å². The van der Waals surface area contributed by atoms with Crippen molar-refractivity contribution in [3.8, 4) is 0 Å². The molecule has 2 aliphatic rings. The fourth-order valence-corrected chi connectivity index (χ4v) is 4.01. The highest BCUT2D eigenvalue weighted by atomic mass is 16.5. The van der Waals surface area contributed by atoms with E-state index in [1.165, 1.54) is 19.1 Å². The fourth-order valence-electron chi connectivity index (χ4n) is 4.01.